The van der Waals surface area contributed by atoms with Gasteiger partial charge in [-0.05, 0) is 346 Å². The summed E-state index contributed by atoms with van der Waals surface area (Å²) in [4.78, 5) is 0. The molecule has 0 bridgehead atoms. The molecule has 0 radical (unpaired) electrons. The predicted octanol–water partition coefficient (Wildman–Crippen LogP) is 36.0. The van der Waals surface area contributed by atoms with Crippen LogP contribution < -0.4 is 0 Å². The Morgan fingerprint density at radius 1 is 0.296 bits per heavy atom. The second-order valence-electron chi connectivity index (χ2n) is 55.0. The molecule has 0 amide bonds. The first-order chi connectivity index (χ1) is 63.0. The molecule has 0 aromatic heterocycles. The second kappa shape index (κ2) is 36.2. The third kappa shape index (κ3) is 18.4. The molecule has 6 saturated carbocycles. The number of benzene rings is 7. The molecule has 135 heavy (non-hydrogen) atoms. The summed E-state index contributed by atoms with van der Waals surface area (Å²) in [5.41, 5.74) is 35.6. The Bertz CT molecular complexity index is 5680. The third-order valence-electron chi connectivity index (χ3n) is 37.8. The van der Waals surface area contributed by atoms with E-state index >= 15 is 0 Å². The van der Waals surface area contributed by atoms with Gasteiger partial charge in [-0.3, -0.25) is 0 Å². The van der Waals surface area contributed by atoms with Crippen LogP contribution in [0.4, 0.5) is 0 Å². The molecule has 7 aromatic rings. The van der Waals surface area contributed by atoms with Crippen LogP contribution in [-0.2, 0) is 32.5 Å². The zero-order chi connectivity index (χ0) is 97.3. The zero-order valence-corrected chi connectivity index (χ0v) is 94.1. The van der Waals surface area contributed by atoms with Gasteiger partial charge in [0.1, 0.15) is 24.7 Å². The molecule has 7 aromatic carbocycles. The number of hydrogen-bond acceptors (Lipinski definition) is 3. The maximum atomic E-state index is 3.14. The highest BCUT2D eigenvalue weighted by Gasteiger charge is 2.62. The predicted molar refractivity (Wildman–Crippen MR) is 595 cm³/mol. The van der Waals surface area contributed by atoms with Crippen LogP contribution >= 0.6 is 0 Å². The van der Waals surface area contributed by atoms with E-state index in [0.717, 1.165) is 41.0 Å². The van der Waals surface area contributed by atoms with Crippen molar-refractivity contribution in [1.29, 1.82) is 0 Å². The Labute approximate surface area is 827 Å². The molecule has 6 fully saturated rings. The van der Waals surface area contributed by atoms with Crippen molar-refractivity contribution in [3.05, 3.63) is 267 Å². The molecule has 0 heterocycles. The fourth-order valence-corrected chi connectivity index (χ4v) is 49.7. The number of fused-ring (bicyclic) bond motifs is 12. The van der Waals surface area contributed by atoms with Crippen LogP contribution in [0.3, 0.4) is 0 Å². The van der Waals surface area contributed by atoms with Crippen molar-refractivity contribution >= 4 is 41.4 Å². The SMILES string of the molecule is CC(C)(C)c1ccc(-c2ccc3c(c2)C(C)(C)C2=CC4C(c5ccccc5)CC([Si](C)(C)N(C5CCCCC5)C(C)(C)C)C4C=C23)cc1.CC1C(C)C([Si](C)(C)N(C2CCCCC2)C(C)(C)C)C2C=C3C(=CC12)C(C)(C)c1cc(-c2ccc(C(C)(C)C)cc2)ccc13.CC1CC2C=C3C(=CC2C1[Si](C)(C)N(C1CCCCC1)C(C)(C)C)c1ccc(-c2ccc(C(C)(C)C)cc2)cc1C3(C)C. The smallest absolute Gasteiger partial charge is 0.127 e. The van der Waals surface area contributed by atoms with Gasteiger partial charge in [-0.25, -0.2) is 0 Å². The van der Waals surface area contributed by atoms with Crippen LogP contribution in [0.15, 0.2) is 211 Å². The molecule has 12 aliphatic carbocycles. The van der Waals surface area contributed by atoms with Crippen molar-refractivity contribution in [2.24, 2.45) is 53.3 Å². The van der Waals surface area contributed by atoms with E-state index in [1.807, 2.05) is 0 Å². The third-order valence-corrected chi connectivity index (χ3v) is 52.2. The minimum Gasteiger partial charge on any atom is -0.316 e. The highest BCUT2D eigenvalue weighted by atomic mass is 28.3. The van der Waals surface area contributed by atoms with E-state index in [0.29, 0.717) is 52.9 Å². The highest BCUT2D eigenvalue weighted by molar-refractivity contribution is 6.77. The maximum Gasteiger partial charge on any atom is 0.127 e. The normalized spacial score (nSPS) is 27.3. The summed E-state index contributed by atoms with van der Waals surface area (Å²) in [7, 11) is -5.48. The van der Waals surface area contributed by atoms with E-state index in [9.17, 15) is 0 Å². The fourth-order valence-electron chi connectivity index (χ4n) is 32.1. The lowest BCUT2D eigenvalue weighted by molar-refractivity contribution is 0.138. The van der Waals surface area contributed by atoms with Gasteiger partial charge in [0, 0.05) is 51.0 Å². The number of nitrogens with zero attached hydrogens (tertiary/aromatic N) is 3. The van der Waals surface area contributed by atoms with E-state index < -0.39 is 24.7 Å². The summed E-state index contributed by atoms with van der Waals surface area (Å²) < 4.78 is 9.40. The molecule has 0 saturated heterocycles. The molecule has 12 aliphatic rings. The van der Waals surface area contributed by atoms with Gasteiger partial charge in [0.15, 0.2) is 0 Å². The molecular formula is C129H181N3Si3. The summed E-state index contributed by atoms with van der Waals surface area (Å²) in [5, 5.41) is 0. The molecule has 13 atom stereocenters. The topological polar surface area (TPSA) is 9.72 Å². The Morgan fingerprint density at radius 2 is 0.615 bits per heavy atom. The molecule has 19 rings (SSSR count). The van der Waals surface area contributed by atoms with Crippen molar-refractivity contribution in [3.8, 4) is 33.4 Å². The standard InChI is InChI=1S/C46H61NSi.C42H61NSi.C41H59NSi/c1-44(2,3)34-24-21-31(22-25-34)33-23-26-36-39-28-40-38(29-42(39)46(7,8)41(36)27-33)37(32-17-13-11-14-18-32)30-43(40)48(9,10)47(45(4,5)6)35-19-15-12-16-20-35;1-27-28(2)39(44(11,12)43(41(6,7)8)32-16-14-13-15-17-32)36-25-35-33-23-20-30(29-18-21-31(22-19-29)40(3,4)5)24-37(33)42(9,10)38(35)26-34(27)36;1-27-23-30-25-37-35(26-34(30)38(27)43(10,11)42(40(5,6)7)32-15-13-12-14-16-32)33-22-19-29(24-36(33)41(37,8)9)28-17-20-31(21-18-28)39(2,3)4/h11,13-14,17-18,21-29,35,37-38,40,43H,12,15-16,19-20,30H2,1-10H3;18-28,32,34,36,39H,13-17H2,1-12H3;17-22,24-27,30,32,34,38H,12-16,23H2,1-11H3. The van der Waals surface area contributed by atoms with E-state index in [1.54, 1.807) is 33.4 Å². The minimum absolute atomic E-state index is 0.0146. The van der Waals surface area contributed by atoms with Crippen molar-refractivity contribution in [3.63, 3.8) is 0 Å². The minimum atomic E-state index is -1.89. The molecular weight excluding hydrogens is 1680 g/mol. The lowest BCUT2D eigenvalue weighted by atomic mass is 9.73. The van der Waals surface area contributed by atoms with Gasteiger partial charge in [0.25, 0.3) is 0 Å². The summed E-state index contributed by atoms with van der Waals surface area (Å²) in [6, 6.07) is 63.8. The van der Waals surface area contributed by atoms with Crippen molar-refractivity contribution < 1.29 is 0 Å². The number of allylic oxidation sites excluding steroid dienone is 12. The average molecular weight is 1860 g/mol. The summed E-state index contributed by atoms with van der Waals surface area (Å²) in [6.07, 6.45) is 40.5. The zero-order valence-electron chi connectivity index (χ0n) is 91.1. The van der Waals surface area contributed by atoms with Crippen LogP contribution in [-0.4, -0.2) is 73.1 Å². The molecule has 6 heteroatoms. The van der Waals surface area contributed by atoms with Gasteiger partial charge in [-0.2, -0.15) is 0 Å². The van der Waals surface area contributed by atoms with Crippen molar-refractivity contribution in [1.82, 2.24) is 13.7 Å². The first kappa shape index (κ1) is 100. The van der Waals surface area contributed by atoms with E-state index in [1.165, 1.54) is 198 Å². The van der Waals surface area contributed by atoms with Crippen LogP contribution in [0.2, 0.25) is 55.9 Å². The Hall–Kier alpha value is -6.49. The Morgan fingerprint density at radius 3 is 0.970 bits per heavy atom. The first-order valence-electron chi connectivity index (χ1n) is 54.6. The van der Waals surface area contributed by atoms with Crippen molar-refractivity contribution in [2.45, 2.75) is 425 Å². The first-order valence-corrected chi connectivity index (χ1v) is 63.6. The quantitative estimate of drug-likeness (QED) is 0.107. The molecule has 13 unspecified atom stereocenters. The van der Waals surface area contributed by atoms with E-state index in [-0.39, 0.29) is 49.1 Å². The van der Waals surface area contributed by atoms with Gasteiger partial charge in [0.05, 0.1) is 0 Å². The Kier molecular flexibility index (Phi) is 26.8. The van der Waals surface area contributed by atoms with Crippen molar-refractivity contribution in [2.75, 3.05) is 0 Å². The van der Waals surface area contributed by atoms with E-state index in [2.05, 4.69) is 434 Å². The van der Waals surface area contributed by atoms with Gasteiger partial charge >= 0.3 is 0 Å². The van der Waals surface area contributed by atoms with Crippen LogP contribution in [0, 0.1) is 53.3 Å². The molecule has 724 valence electrons. The van der Waals surface area contributed by atoms with E-state index in [4.69, 9.17) is 0 Å². The summed E-state index contributed by atoms with van der Waals surface area (Å²) in [6.45, 7) is 82.5. The fraction of sp³-hybridized carbons (Fsp3) is 0.581. The molecule has 3 nitrogen and oxygen atoms in total. The Balaban J connectivity index is 0.000000141. The van der Waals surface area contributed by atoms with Crippen LogP contribution in [0.1, 0.15) is 358 Å². The van der Waals surface area contributed by atoms with Gasteiger partial charge in [0.2, 0.25) is 0 Å². The largest absolute Gasteiger partial charge is 0.316 e. The number of hydrogen-bond donors (Lipinski definition) is 0. The maximum absolute atomic E-state index is 3.14. The molecule has 0 N–H and O–H groups in total. The van der Waals surface area contributed by atoms with Gasteiger partial charge in [-0.1, -0.05) is 398 Å². The van der Waals surface area contributed by atoms with Crippen LogP contribution in [0.25, 0.3) is 50.1 Å². The summed E-state index contributed by atoms with van der Waals surface area (Å²) in [5.74, 6) is 6.56. The van der Waals surface area contributed by atoms with Crippen LogP contribution in [0.5, 0.6) is 0 Å². The highest BCUT2D eigenvalue weighted by Crippen LogP contribution is 2.68. The molecule has 0 aliphatic heterocycles. The average Bonchev–Trinajstić information content (AvgIpc) is 1.57. The van der Waals surface area contributed by atoms with Gasteiger partial charge in [-0.15, -0.1) is 0 Å². The number of rotatable bonds is 13. The lowest BCUT2D eigenvalue weighted by Gasteiger charge is -2.56. The van der Waals surface area contributed by atoms with Gasteiger partial charge < -0.3 is 13.7 Å². The lowest BCUT2D eigenvalue weighted by Crippen LogP contribution is -2.65. The summed E-state index contributed by atoms with van der Waals surface area (Å²) >= 11 is 0. The monoisotopic (exact) mass is 1860 g/mol. The second-order valence-corrected chi connectivity index (χ2v) is 68.4. The molecule has 0 spiro atoms.